The summed E-state index contributed by atoms with van der Waals surface area (Å²) in [5.74, 6) is 0. The van der Waals surface area contributed by atoms with Gasteiger partial charge in [-0.3, -0.25) is 0 Å². The normalized spacial score (nSPS) is 50.0. The third kappa shape index (κ3) is 3.70. The van der Waals surface area contributed by atoms with Crippen molar-refractivity contribution in [3.63, 3.8) is 0 Å². The van der Waals surface area contributed by atoms with Crippen molar-refractivity contribution in [3.8, 4) is 0 Å². The average Bonchev–Trinajstić information content (AvgIpc) is 2.58. The molecule has 0 saturated carbocycles. The summed E-state index contributed by atoms with van der Waals surface area (Å²) in [7, 11) is 1.26. The van der Waals surface area contributed by atoms with E-state index in [0.29, 0.717) is 0 Å². The lowest BCUT2D eigenvalue weighted by atomic mass is 9.97. The molecule has 0 radical (unpaired) electrons. The van der Waals surface area contributed by atoms with E-state index in [1.54, 1.807) is 0 Å². The van der Waals surface area contributed by atoms with Gasteiger partial charge in [0.2, 0.25) is 6.36 Å². The standard InChI is InChI=1S/C13H23FO10/c1-21-10-4(2-15)23-13(9(20)7(10)18)24-11-5(3-16)22-12(14)8(19)6(11)17/h4-13,15-20H,2-3H2,1H3/t4-,5-,6-,7-,8-,9-,10-,11-,12+,13-/m1/s1. The molecule has 142 valence electrons. The van der Waals surface area contributed by atoms with Gasteiger partial charge in [0.25, 0.3) is 0 Å². The summed E-state index contributed by atoms with van der Waals surface area (Å²) in [6.45, 7) is -1.28. The van der Waals surface area contributed by atoms with Gasteiger partial charge in [0.15, 0.2) is 6.29 Å². The maximum absolute atomic E-state index is 13.4. The predicted molar refractivity (Wildman–Crippen MR) is 72.3 cm³/mol. The van der Waals surface area contributed by atoms with Crippen molar-refractivity contribution in [2.75, 3.05) is 20.3 Å². The van der Waals surface area contributed by atoms with Crippen molar-refractivity contribution >= 4 is 0 Å². The van der Waals surface area contributed by atoms with Crippen LogP contribution in [0.3, 0.4) is 0 Å². The Labute approximate surface area is 136 Å². The van der Waals surface area contributed by atoms with Crippen LogP contribution >= 0.6 is 0 Å². The molecule has 11 heteroatoms. The fraction of sp³-hybridized carbons (Fsp3) is 1.00. The Hall–Kier alpha value is -0.470. The molecule has 0 aliphatic carbocycles. The van der Waals surface area contributed by atoms with Crippen molar-refractivity contribution in [2.45, 2.75) is 61.5 Å². The van der Waals surface area contributed by atoms with Gasteiger partial charge in [0.05, 0.1) is 13.2 Å². The summed E-state index contributed by atoms with van der Waals surface area (Å²) in [6, 6.07) is 0. The summed E-state index contributed by atoms with van der Waals surface area (Å²) in [4.78, 5) is 0. The molecular formula is C13H23FO10. The molecule has 2 saturated heterocycles. The summed E-state index contributed by atoms with van der Waals surface area (Å²) >= 11 is 0. The number of aliphatic hydroxyl groups is 6. The van der Waals surface area contributed by atoms with E-state index < -0.39 is 74.7 Å². The van der Waals surface area contributed by atoms with Crippen LogP contribution in [-0.2, 0) is 18.9 Å². The molecule has 2 fully saturated rings. The third-order valence-electron chi connectivity index (χ3n) is 4.19. The second kappa shape index (κ2) is 8.27. The topological polar surface area (TPSA) is 158 Å². The van der Waals surface area contributed by atoms with Crippen LogP contribution in [0, 0.1) is 0 Å². The van der Waals surface area contributed by atoms with Crippen molar-refractivity contribution in [2.24, 2.45) is 0 Å². The Morgan fingerprint density at radius 2 is 1.38 bits per heavy atom. The highest BCUT2D eigenvalue weighted by Gasteiger charge is 2.50. The van der Waals surface area contributed by atoms with E-state index in [4.69, 9.17) is 18.9 Å². The van der Waals surface area contributed by atoms with Crippen LogP contribution < -0.4 is 0 Å². The Kier molecular flexibility index (Phi) is 6.84. The van der Waals surface area contributed by atoms with Crippen LogP contribution in [0.15, 0.2) is 0 Å². The highest BCUT2D eigenvalue weighted by Crippen LogP contribution is 2.29. The smallest absolute Gasteiger partial charge is 0.228 e. The average molecular weight is 358 g/mol. The largest absolute Gasteiger partial charge is 0.394 e. The second-order valence-corrected chi connectivity index (χ2v) is 5.70. The first-order valence-corrected chi connectivity index (χ1v) is 7.42. The Morgan fingerprint density at radius 3 is 1.92 bits per heavy atom. The SMILES string of the molecule is CO[C@H]1[C@H](O)[C@@H](O)[C@@H](O[C@H]2[C@H](O)[C@@H](O)[C@@H](F)O[C@@H]2CO)O[C@@H]1CO. The van der Waals surface area contributed by atoms with E-state index in [-0.39, 0.29) is 0 Å². The van der Waals surface area contributed by atoms with Gasteiger partial charge in [-0.2, -0.15) is 0 Å². The zero-order chi connectivity index (χ0) is 18.0. The molecule has 10 nitrogen and oxygen atoms in total. The number of methoxy groups -OCH3 is 1. The Balaban J connectivity index is 2.12. The van der Waals surface area contributed by atoms with Gasteiger partial charge in [0.1, 0.15) is 48.8 Å². The van der Waals surface area contributed by atoms with Crippen molar-refractivity contribution in [3.05, 3.63) is 0 Å². The van der Waals surface area contributed by atoms with E-state index in [1.165, 1.54) is 7.11 Å². The lowest BCUT2D eigenvalue weighted by molar-refractivity contribution is -0.350. The molecule has 2 aliphatic rings. The predicted octanol–water partition coefficient (Wildman–Crippen LogP) is -3.77. The van der Waals surface area contributed by atoms with Crippen molar-refractivity contribution in [1.82, 2.24) is 0 Å². The van der Waals surface area contributed by atoms with Gasteiger partial charge in [-0.05, 0) is 0 Å². The van der Waals surface area contributed by atoms with Crippen LogP contribution in [0.4, 0.5) is 4.39 Å². The quantitative estimate of drug-likeness (QED) is 0.288. The summed E-state index contributed by atoms with van der Waals surface area (Å²) in [5.41, 5.74) is 0. The van der Waals surface area contributed by atoms with Gasteiger partial charge >= 0.3 is 0 Å². The fourth-order valence-corrected chi connectivity index (χ4v) is 2.82. The zero-order valence-corrected chi connectivity index (χ0v) is 12.9. The first-order chi connectivity index (χ1) is 11.3. The highest BCUT2D eigenvalue weighted by molar-refractivity contribution is 4.94. The Bertz CT molecular complexity index is 397. The molecule has 6 N–H and O–H groups in total. The van der Waals surface area contributed by atoms with E-state index in [0.717, 1.165) is 0 Å². The van der Waals surface area contributed by atoms with E-state index in [9.17, 15) is 35.0 Å². The third-order valence-corrected chi connectivity index (χ3v) is 4.19. The number of ether oxygens (including phenoxy) is 4. The van der Waals surface area contributed by atoms with Crippen LogP contribution in [0.5, 0.6) is 0 Å². The molecule has 0 bridgehead atoms. The lowest BCUT2D eigenvalue weighted by Crippen LogP contribution is -2.64. The summed E-state index contributed by atoms with van der Waals surface area (Å²) in [5, 5.41) is 58.1. The molecule has 2 heterocycles. The number of halogens is 1. The number of aliphatic hydroxyl groups excluding tert-OH is 6. The first-order valence-electron chi connectivity index (χ1n) is 7.42. The van der Waals surface area contributed by atoms with Gasteiger partial charge in [0, 0.05) is 7.11 Å². The minimum Gasteiger partial charge on any atom is -0.394 e. The second-order valence-electron chi connectivity index (χ2n) is 5.70. The van der Waals surface area contributed by atoms with E-state index >= 15 is 0 Å². The summed E-state index contributed by atoms with van der Waals surface area (Å²) < 4.78 is 33.7. The van der Waals surface area contributed by atoms with Gasteiger partial charge in [-0.25, -0.2) is 4.39 Å². The lowest BCUT2D eigenvalue weighted by Gasteiger charge is -2.45. The number of hydrogen-bond acceptors (Lipinski definition) is 10. The monoisotopic (exact) mass is 358 g/mol. The van der Waals surface area contributed by atoms with E-state index in [2.05, 4.69) is 0 Å². The maximum atomic E-state index is 13.4. The minimum absolute atomic E-state index is 0.551. The van der Waals surface area contributed by atoms with E-state index in [1.807, 2.05) is 0 Å². The van der Waals surface area contributed by atoms with Crippen molar-refractivity contribution in [1.29, 1.82) is 0 Å². The first kappa shape index (κ1) is 19.8. The van der Waals surface area contributed by atoms with Gasteiger partial charge < -0.3 is 49.6 Å². The molecule has 24 heavy (non-hydrogen) atoms. The van der Waals surface area contributed by atoms with Gasteiger partial charge in [-0.15, -0.1) is 0 Å². The van der Waals surface area contributed by atoms with Crippen LogP contribution in [0.1, 0.15) is 0 Å². The zero-order valence-electron chi connectivity index (χ0n) is 12.9. The Morgan fingerprint density at radius 1 is 0.833 bits per heavy atom. The molecule has 0 spiro atoms. The van der Waals surface area contributed by atoms with Crippen LogP contribution in [-0.4, -0.2) is 112 Å². The molecule has 2 rings (SSSR count). The molecule has 0 aromatic carbocycles. The molecule has 0 aromatic rings. The number of alkyl halides is 1. The number of rotatable bonds is 5. The van der Waals surface area contributed by atoms with Gasteiger partial charge in [-0.1, -0.05) is 0 Å². The van der Waals surface area contributed by atoms with Crippen LogP contribution in [0.25, 0.3) is 0 Å². The summed E-state index contributed by atoms with van der Waals surface area (Å²) in [6.07, 6.45) is -15.4. The number of hydrogen-bond donors (Lipinski definition) is 6. The molecule has 0 unspecified atom stereocenters. The highest BCUT2D eigenvalue weighted by atomic mass is 19.1. The molecular weight excluding hydrogens is 335 g/mol. The molecule has 0 aromatic heterocycles. The molecule has 0 amide bonds. The molecule has 2 aliphatic heterocycles. The fourth-order valence-electron chi connectivity index (χ4n) is 2.82. The molecule has 10 atom stereocenters. The van der Waals surface area contributed by atoms with Crippen LogP contribution in [0.2, 0.25) is 0 Å². The maximum Gasteiger partial charge on any atom is 0.228 e. The van der Waals surface area contributed by atoms with Crippen molar-refractivity contribution < 1.29 is 54.0 Å². The minimum atomic E-state index is -2.22.